The van der Waals surface area contributed by atoms with Crippen molar-refractivity contribution < 1.29 is 9.63 Å². The lowest BCUT2D eigenvalue weighted by Gasteiger charge is -2.28. The first-order valence-electron chi connectivity index (χ1n) is 7.98. The Bertz CT molecular complexity index is 538. The highest BCUT2D eigenvalue weighted by Crippen LogP contribution is 2.30. The van der Waals surface area contributed by atoms with Crippen molar-refractivity contribution in [2.75, 3.05) is 16.4 Å². The SMILES string of the molecule is CCC(CC)(CI)/C(C)=N/OCC(=O)Nc1cc(C)cc(C)c1. The van der Waals surface area contributed by atoms with Crippen LogP contribution in [0.15, 0.2) is 23.4 Å². The van der Waals surface area contributed by atoms with Gasteiger partial charge in [-0.3, -0.25) is 4.79 Å². The smallest absolute Gasteiger partial charge is 0.265 e. The van der Waals surface area contributed by atoms with Gasteiger partial charge in [-0.2, -0.15) is 0 Å². The molecule has 0 spiro atoms. The molecule has 0 saturated heterocycles. The van der Waals surface area contributed by atoms with Gasteiger partial charge >= 0.3 is 0 Å². The largest absolute Gasteiger partial charge is 0.386 e. The molecule has 0 aliphatic heterocycles. The highest BCUT2D eigenvalue weighted by atomic mass is 127. The van der Waals surface area contributed by atoms with Crippen LogP contribution in [0.3, 0.4) is 0 Å². The van der Waals surface area contributed by atoms with Crippen LogP contribution in [-0.4, -0.2) is 22.7 Å². The number of aryl methyl sites for hydroxylation is 2. The molecule has 1 amide bonds. The fraction of sp³-hybridized carbons (Fsp3) is 0.556. The summed E-state index contributed by atoms with van der Waals surface area (Å²) in [7, 11) is 0. The number of oxime groups is 1. The zero-order valence-electron chi connectivity index (χ0n) is 14.7. The summed E-state index contributed by atoms with van der Waals surface area (Å²) in [6, 6.07) is 5.95. The number of rotatable bonds is 8. The van der Waals surface area contributed by atoms with E-state index in [0.29, 0.717) is 0 Å². The first-order valence-corrected chi connectivity index (χ1v) is 9.50. The average Bonchev–Trinajstić information content (AvgIpc) is 2.48. The molecule has 0 aromatic heterocycles. The molecule has 1 N–H and O–H groups in total. The van der Waals surface area contributed by atoms with Gasteiger partial charge in [-0.15, -0.1) is 0 Å². The highest BCUT2D eigenvalue weighted by molar-refractivity contribution is 14.1. The topological polar surface area (TPSA) is 50.7 Å². The normalized spacial score (nSPS) is 12.2. The Labute approximate surface area is 153 Å². The Kier molecular flexibility index (Phi) is 8.02. The van der Waals surface area contributed by atoms with Gasteiger partial charge in [0.15, 0.2) is 6.61 Å². The standard InChI is InChI=1S/C18H27IN2O2/c1-6-18(7-2,12-19)15(5)21-23-11-17(22)20-16-9-13(3)8-14(4)10-16/h8-10H,6-7,11-12H2,1-5H3,(H,20,22)/b21-15+. The zero-order chi connectivity index (χ0) is 17.5. The van der Waals surface area contributed by atoms with Gasteiger partial charge in [0.25, 0.3) is 5.91 Å². The number of anilines is 1. The van der Waals surface area contributed by atoms with E-state index in [2.05, 4.69) is 53.0 Å². The second kappa shape index (κ2) is 9.25. The van der Waals surface area contributed by atoms with Crippen LogP contribution in [-0.2, 0) is 9.63 Å². The molecule has 0 fully saturated rings. The van der Waals surface area contributed by atoms with Crippen LogP contribution >= 0.6 is 22.6 Å². The van der Waals surface area contributed by atoms with Gasteiger partial charge in [0.2, 0.25) is 0 Å². The lowest BCUT2D eigenvalue weighted by molar-refractivity contribution is -0.120. The maximum atomic E-state index is 12.0. The molecule has 23 heavy (non-hydrogen) atoms. The van der Waals surface area contributed by atoms with E-state index in [-0.39, 0.29) is 17.9 Å². The van der Waals surface area contributed by atoms with Gasteiger partial charge in [0.1, 0.15) is 0 Å². The predicted molar refractivity (Wildman–Crippen MR) is 106 cm³/mol. The summed E-state index contributed by atoms with van der Waals surface area (Å²) >= 11 is 2.39. The Morgan fingerprint density at radius 2 is 1.78 bits per heavy atom. The third-order valence-corrected chi connectivity index (χ3v) is 5.74. The minimum Gasteiger partial charge on any atom is -0.386 e. The first kappa shape index (κ1) is 19.9. The summed E-state index contributed by atoms with van der Waals surface area (Å²) in [6.45, 7) is 10.2. The maximum absolute atomic E-state index is 12.0. The molecule has 128 valence electrons. The Morgan fingerprint density at radius 1 is 1.22 bits per heavy atom. The summed E-state index contributed by atoms with van der Waals surface area (Å²) in [5, 5.41) is 7.02. The van der Waals surface area contributed by atoms with E-state index in [1.807, 2.05) is 32.9 Å². The van der Waals surface area contributed by atoms with Crippen LogP contribution in [0.5, 0.6) is 0 Å². The molecule has 1 aromatic rings. The fourth-order valence-corrected chi connectivity index (χ4v) is 4.21. The van der Waals surface area contributed by atoms with Crippen LogP contribution in [0.2, 0.25) is 0 Å². The number of nitrogens with zero attached hydrogens (tertiary/aromatic N) is 1. The number of amides is 1. The van der Waals surface area contributed by atoms with Gasteiger partial charge in [0, 0.05) is 15.5 Å². The molecule has 1 rings (SSSR count). The van der Waals surface area contributed by atoms with Crippen molar-refractivity contribution in [3.8, 4) is 0 Å². The molecule has 1 aromatic carbocycles. The van der Waals surface area contributed by atoms with E-state index in [4.69, 9.17) is 4.84 Å². The molecule has 4 nitrogen and oxygen atoms in total. The van der Waals surface area contributed by atoms with Crippen LogP contribution in [0.1, 0.15) is 44.7 Å². The van der Waals surface area contributed by atoms with E-state index in [1.165, 1.54) is 0 Å². The molecule has 0 aliphatic carbocycles. The van der Waals surface area contributed by atoms with Crippen LogP contribution in [0, 0.1) is 19.3 Å². The van der Waals surface area contributed by atoms with E-state index >= 15 is 0 Å². The molecule has 0 saturated carbocycles. The zero-order valence-corrected chi connectivity index (χ0v) is 16.9. The maximum Gasteiger partial charge on any atom is 0.265 e. The molecule has 0 unspecified atom stereocenters. The number of hydrogen-bond acceptors (Lipinski definition) is 3. The summed E-state index contributed by atoms with van der Waals surface area (Å²) in [5.74, 6) is -0.195. The Balaban J connectivity index is 2.60. The molecular weight excluding hydrogens is 403 g/mol. The van der Waals surface area contributed by atoms with Crippen molar-refractivity contribution in [1.29, 1.82) is 0 Å². The van der Waals surface area contributed by atoms with Crippen LogP contribution in [0.25, 0.3) is 0 Å². The lowest BCUT2D eigenvalue weighted by atomic mass is 9.80. The van der Waals surface area contributed by atoms with Crippen LogP contribution < -0.4 is 5.32 Å². The van der Waals surface area contributed by atoms with Crippen molar-refractivity contribution in [2.45, 2.75) is 47.5 Å². The number of halogens is 1. The molecule has 0 radical (unpaired) electrons. The third-order valence-electron chi connectivity index (χ3n) is 4.28. The molecule has 0 heterocycles. The van der Waals surface area contributed by atoms with Gasteiger partial charge in [-0.05, 0) is 56.9 Å². The Hall–Kier alpha value is -1.11. The molecule has 0 bridgehead atoms. The minimum absolute atomic E-state index is 0.0602. The molecular formula is C18H27IN2O2. The van der Waals surface area contributed by atoms with Crippen LogP contribution in [0.4, 0.5) is 5.69 Å². The minimum atomic E-state index is -0.195. The summed E-state index contributed by atoms with van der Waals surface area (Å²) in [4.78, 5) is 17.2. The first-order chi connectivity index (χ1) is 10.9. The number of benzene rings is 1. The van der Waals surface area contributed by atoms with Gasteiger partial charge in [-0.25, -0.2) is 0 Å². The lowest BCUT2D eigenvalue weighted by Crippen LogP contribution is -2.30. The second-order valence-electron chi connectivity index (χ2n) is 6.00. The fourth-order valence-electron chi connectivity index (χ4n) is 2.58. The monoisotopic (exact) mass is 430 g/mol. The van der Waals surface area contributed by atoms with Gasteiger partial charge in [0.05, 0.1) is 5.71 Å². The summed E-state index contributed by atoms with van der Waals surface area (Å²) < 4.78 is 0.991. The van der Waals surface area contributed by atoms with Gasteiger partial charge in [-0.1, -0.05) is 47.7 Å². The van der Waals surface area contributed by atoms with E-state index in [0.717, 1.165) is 39.8 Å². The van der Waals surface area contributed by atoms with E-state index < -0.39 is 0 Å². The van der Waals surface area contributed by atoms with Crippen molar-refractivity contribution in [3.63, 3.8) is 0 Å². The summed E-state index contributed by atoms with van der Waals surface area (Å²) in [6.07, 6.45) is 2.03. The van der Waals surface area contributed by atoms with E-state index in [9.17, 15) is 4.79 Å². The van der Waals surface area contributed by atoms with Gasteiger partial charge < -0.3 is 10.2 Å². The van der Waals surface area contributed by atoms with Crippen molar-refractivity contribution in [3.05, 3.63) is 29.3 Å². The quantitative estimate of drug-likeness (QED) is 0.277. The second-order valence-corrected chi connectivity index (χ2v) is 6.76. The number of carbonyl (C=O) groups is 1. The number of carbonyl (C=O) groups excluding carboxylic acids is 1. The van der Waals surface area contributed by atoms with Crippen molar-refractivity contribution >= 4 is 39.9 Å². The Morgan fingerprint density at radius 3 is 2.26 bits per heavy atom. The molecule has 0 atom stereocenters. The number of hydrogen-bond donors (Lipinski definition) is 1. The summed E-state index contributed by atoms with van der Waals surface area (Å²) in [5.41, 5.74) is 4.04. The molecule has 0 aliphatic rings. The molecule has 5 heteroatoms. The highest BCUT2D eigenvalue weighted by Gasteiger charge is 2.28. The number of alkyl halides is 1. The van der Waals surface area contributed by atoms with E-state index in [1.54, 1.807) is 0 Å². The van der Waals surface area contributed by atoms with Crippen molar-refractivity contribution in [2.24, 2.45) is 10.6 Å². The third kappa shape index (κ3) is 5.79. The average molecular weight is 430 g/mol. The van der Waals surface area contributed by atoms with Crippen molar-refractivity contribution in [1.82, 2.24) is 0 Å². The predicted octanol–water partition coefficient (Wildman–Crippen LogP) is 4.88. The number of nitrogens with one attached hydrogen (secondary N) is 1.